The van der Waals surface area contributed by atoms with Gasteiger partial charge in [-0.05, 0) is 61.6 Å². The number of hydrazine groups is 1. The molecule has 158 valence electrons. The van der Waals surface area contributed by atoms with E-state index in [1.165, 1.54) is 6.07 Å². The van der Waals surface area contributed by atoms with Gasteiger partial charge in [-0.25, -0.2) is 9.18 Å². The Morgan fingerprint density at radius 3 is 2.77 bits per heavy atom. The Labute approximate surface area is 177 Å². The van der Waals surface area contributed by atoms with Gasteiger partial charge in [-0.15, -0.1) is 0 Å². The van der Waals surface area contributed by atoms with Crippen molar-refractivity contribution in [2.45, 2.75) is 44.3 Å². The first-order valence-corrected chi connectivity index (χ1v) is 10.2. The Kier molecular flexibility index (Phi) is 7.39. The summed E-state index contributed by atoms with van der Waals surface area (Å²) in [6.45, 7) is 2.57. The summed E-state index contributed by atoms with van der Waals surface area (Å²) in [5, 5.41) is 11.9. The number of nitrogens with zero attached hydrogens (tertiary/aromatic N) is 2. The minimum absolute atomic E-state index is 0.0972. The van der Waals surface area contributed by atoms with Crippen LogP contribution in [0.2, 0.25) is 0 Å². The van der Waals surface area contributed by atoms with Gasteiger partial charge in [0, 0.05) is 25.7 Å². The van der Waals surface area contributed by atoms with Gasteiger partial charge in [-0.2, -0.15) is 5.26 Å². The molecular weight excluding hydrogens is 381 g/mol. The molecule has 0 radical (unpaired) electrons. The van der Waals surface area contributed by atoms with Crippen molar-refractivity contribution in [3.05, 3.63) is 71.0 Å². The number of hydrogen-bond acceptors (Lipinski definition) is 4. The number of nitriles is 1. The van der Waals surface area contributed by atoms with E-state index in [-0.39, 0.29) is 30.0 Å². The van der Waals surface area contributed by atoms with Gasteiger partial charge >= 0.3 is 6.03 Å². The summed E-state index contributed by atoms with van der Waals surface area (Å²) in [6.07, 6.45) is 2.67. The fourth-order valence-corrected chi connectivity index (χ4v) is 3.66. The highest BCUT2D eigenvalue weighted by molar-refractivity contribution is 5.74. The number of carbonyl (C=O) groups excluding carboxylic acids is 1. The summed E-state index contributed by atoms with van der Waals surface area (Å²) in [7, 11) is 1.79. The number of urea groups is 1. The first-order chi connectivity index (χ1) is 14.5. The first kappa shape index (κ1) is 21.8. The minimum Gasteiger partial charge on any atom is -0.331 e. The van der Waals surface area contributed by atoms with Crippen molar-refractivity contribution < 1.29 is 9.18 Å². The van der Waals surface area contributed by atoms with Gasteiger partial charge in [-0.3, -0.25) is 10.9 Å². The monoisotopic (exact) mass is 409 g/mol. The fraction of sp³-hybridized carbons (Fsp3) is 0.391. The average Bonchev–Trinajstić information content (AvgIpc) is 3.22. The lowest BCUT2D eigenvalue weighted by molar-refractivity contribution is 0.204. The van der Waals surface area contributed by atoms with Crippen molar-refractivity contribution in [2.24, 2.45) is 0 Å². The van der Waals surface area contributed by atoms with Crippen LogP contribution >= 0.6 is 0 Å². The maximum Gasteiger partial charge on any atom is 0.317 e. The number of carbonyl (C=O) groups is 1. The molecule has 0 aliphatic carbocycles. The quantitative estimate of drug-likeness (QED) is 0.650. The molecule has 30 heavy (non-hydrogen) atoms. The van der Waals surface area contributed by atoms with Gasteiger partial charge in [-0.1, -0.05) is 24.3 Å². The molecule has 1 saturated heterocycles. The molecule has 2 aromatic carbocycles. The highest BCUT2D eigenvalue weighted by atomic mass is 19.1. The number of nitrogens with one attached hydrogen (secondary N) is 3. The predicted molar refractivity (Wildman–Crippen MR) is 114 cm³/mol. The summed E-state index contributed by atoms with van der Waals surface area (Å²) in [6, 6.07) is 16.1. The maximum atomic E-state index is 13.4. The van der Waals surface area contributed by atoms with Crippen LogP contribution in [0.3, 0.4) is 0 Å². The molecule has 1 heterocycles. The predicted octanol–water partition coefficient (Wildman–Crippen LogP) is 3.79. The highest BCUT2D eigenvalue weighted by Gasteiger charge is 2.25. The molecule has 2 aromatic rings. The van der Waals surface area contributed by atoms with E-state index in [9.17, 15) is 9.18 Å². The minimum atomic E-state index is -0.222. The van der Waals surface area contributed by atoms with Crippen molar-refractivity contribution in [3.63, 3.8) is 0 Å². The van der Waals surface area contributed by atoms with Crippen LogP contribution in [-0.2, 0) is 0 Å². The molecule has 3 atom stereocenters. The smallest absolute Gasteiger partial charge is 0.317 e. The van der Waals surface area contributed by atoms with Crippen LogP contribution in [0, 0.1) is 17.1 Å². The van der Waals surface area contributed by atoms with Gasteiger partial charge in [0.1, 0.15) is 5.82 Å². The van der Waals surface area contributed by atoms with Gasteiger partial charge in [0.2, 0.25) is 0 Å². The van der Waals surface area contributed by atoms with E-state index in [0.717, 1.165) is 30.4 Å². The summed E-state index contributed by atoms with van der Waals surface area (Å²) in [5.74, 6) is -0.222. The molecule has 1 aliphatic rings. The lowest BCUT2D eigenvalue weighted by atomic mass is 9.99. The summed E-state index contributed by atoms with van der Waals surface area (Å²) in [4.78, 5) is 14.1. The van der Waals surface area contributed by atoms with Gasteiger partial charge in [0.25, 0.3) is 0 Å². The molecule has 3 N–H and O–H groups in total. The van der Waals surface area contributed by atoms with Crippen LogP contribution in [0.1, 0.15) is 55.0 Å². The lowest BCUT2D eigenvalue weighted by Crippen LogP contribution is -2.39. The van der Waals surface area contributed by atoms with Gasteiger partial charge < -0.3 is 10.2 Å². The summed E-state index contributed by atoms with van der Waals surface area (Å²) in [5.41, 5.74) is 9.01. The Balaban J connectivity index is 1.39. The van der Waals surface area contributed by atoms with Crippen molar-refractivity contribution in [2.75, 3.05) is 13.6 Å². The van der Waals surface area contributed by atoms with Gasteiger partial charge in [0.15, 0.2) is 0 Å². The zero-order chi connectivity index (χ0) is 21.5. The average molecular weight is 410 g/mol. The van der Waals surface area contributed by atoms with E-state index in [1.54, 1.807) is 36.2 Å². The van der Waals surface area contributed by atoms with Crippen LogP contribution in [-0.4, -0.2) is 30.6 Å². The molecule has 3 rings (SSSR count). The number of benzene rings is 2. The third kappa shape index (κ3) is 5.78. The molecule has 1 aliphatic heterocycles. The lowest BCUT2D eigenvalue weighted by Gasteiger charge is -2.22. The zero-order valence-electron chi connectivity index (χ0n) is 17.4. The maximum absolute atomic E-state index is 13.4. The van der Waals surface area contributed by atoms with E-state index < -0.39 is 0 Å². The van der Waals surface area contributed by atoms with Crippen LogP contribution < -0.4 is 16.2 Å². The molecule has 3 unspecified atom stereocenters. The molecule has 1 fully saturated rings. The molecule has 2 amide bonds. The second-order valence-electron chi connectivity index (χ2n) is 7.80. The third-order valence-electron chi connectivity index (χ3n) is 5.51. The van der Waals surface area contributed by atoms with Crippen molar-refractivity contribution in [1.82, 2.24) is 21.1 Å². The molecule has 0 aromatic heterocycles. The van der Waals surface area contributed by atoms with E-state index in [2.05, 4.69) is 22.2 Å². The second-order valence-corrected chi connectivity index (χ2v) is 7.80. The van der Waals surface area contributed by atoms with Crippen LogP contribution in [0.25, 0.3) is 0 Å². The largest absolute Gasteiger partial charge is 0.331 e. The van der Waals surface area contributed by atoms with Crippen LogP contribution in [0.5, 0.6) is 0 Å². The standard InChI is InChI=1S/C23H28FN5O/c1-16(18-10-8-17(15-25)9-11-18)26-23(30)29(2)12-4-7-21-14-22(28-27-21)19-5-3-6-20(24)13-19/h3,5-6,8-11,13,16,21-22,27-28H,4,7,12,14H2,1-2H3,(H,26,30). The van der Waals surface area contributed by atoms with E-state index in [4.69, 9.17) is 5.26 Å². The number of amides is 2. The van der Waals surface area contributed by atoms with Crippen molar-refractivity contribution in [3.8, 4) is 6.07 Å². The summed E-state index contributed by atoms with van der Waals surface area (Å²) < 4.78 is 13.4. The fourth-order valence-electron chi connectivity index (χ4n) is 3.66. The third-order valence-corrected chi connectivity index (χ3v) is 5.51. The number of rotatable bonds is 7. The van der Waals surface area contributed by atoms with E-state index in [1.807, 2.05) is 25.1 Å². The van der Waals surface area contributed by atoms with Crippen LogP contribution in [0.15, 0.2) is 48.5 Å². The Bertz CT molecular complexity index is 895. The molecule has 0 spiro atoms. The van der Waals surface area contributed by atoms with Gasteiger partial charge in [0.05, 0.1) is 17.7 Å². The summed E-state index contributed by atoms with van der Waals surface area (Å²) >= 11 is 0. The molecule has 0 bridgehead atoms. The van der Waals surface area contributed by atoms with E-state index in [0.29, 0.717) is 12.1 Å². The number of hydrogen-bond donors (Lipinski definition) is 3. The Hall–Kier alpha value is -2.95. The van der Waals surface area contributed by atoms with Crippen molar-refractivity contribution in [1.29, 1.82) is 5.26 Å². The van der Waals surface area contributed by atoms with Crippen molar-refractivity contribution >= 4 is 6.03 Å². The molecular formula is C23H28FN5O. The van der Waals surface area contributed by atoms with Crippen LogP contribution in [0.4, 0.5) is 9.18 Å². The topological polar surface area (TPSA) is 80.2 Å². The number of halogens is 1. The molecule has 6 nitrogen and oxygen atoms in total. The first-order valence-electron chi connectivity index (χ1n) is 10.2. The SMILES string of the molecule is CC(NC(=O)N(C)CCCC1CC(c2cccc(F)c2)NN1)c1ccc(C#N)cc1. The van der Waals surface area contributed by atoms with E-state index >= 15 is 0 Å². The second kappa shape index (κ2) is 10.2. The Morgan fingerprint density at radius 1 is 1.30 bits per heavy atom. The highest BCUT2D eigenvalue weighted by Crippen LogP contribution is 2.24. The molecule has 7 heteroatoms. The molecule has 0 saturated carbocycles. The normalized spacial score (nSPS) is 19.1. The Morgan fingerprint density at radius 2 is 2.07 bits per heavy atom. The zero-order valence-corrected chi connectivity index (χ0v) is 17.4.